The summed E-state index contributed by atoms with van der Waals surface area (Å²) < 4.78 is 18.6. The largest absolute Gasteiger partial charge is 0.494 e. The molecule has 0 radical (unpaired) electrons. The highest BCUT2D eigenvalue weighted by atomic mass is 35.5. The summed E-state index contributed by atoms with van der Waals surface area (Å²) >= 11 is 5.83. The Bertz CT molecular complexity index is 1080. The van der Waals surface area contributed by atoms with E-state index in [9.17, 15) is 14.0 Å². The molecule has 1 amide bonds. The fraction of sp³-hybridized carbons (Fsp3) is 0.0435. The molecule has 3 aromatic carbocycles. The first-order chi connectivity index (χ1) is 14.0. The molecule has 0 aliphatic heterocycles. The van der Waals surface area contributed by atoms with Gasteiger partial charge in [0, 0.05) is 21.8 Å². The van der Waals surface area contributed by atoms with Crippen LogP contribution in [0.1, 0.15) is 26.3 Å². The van der Waals surface area contributed by atoms with Crippen LogP contribution < -0.4 is 10.1 Å². The molecule has 0 heterocycles. The Kier molecular flexibility index (Phi) is 6.42. The van der Waals surface area contributed by atoms with Gasteiger partial charge < -0.3 is 10.1 Å². The number of amides is 1. The fourth-order valence-electron chi connectivity index (χ4n) is 2.61. The molecule has 0 unspecified atom stereocenters. The first kappa shape index (κ1) is 20.3. The number of ketones is 1. The van der Waals surface area contributed by atoms with E-state index < -0.39 is 5.82 Å². The van der Waals surface area contributed by atoms with Crippen LogP contribution in [0.15, 0.2) is 72.8 Å². The molecule has 3 aromatic rings. The van der Waals surface area contributed by atoms with E-state index in [4.69, 9.17) is 16.3 Å². The van der Waals surface area contributed by atoms with Crippen molar-refractivity contribution in [2.45, 2.75) is 0 Å². The smallest absolute Gasteiger partial charge is 0.255 e. The normalized spacial score (nSPS) is 10.7. The lowest BCUT2D eigenvalue weighted by atomic mass is 10.1. The monoisotopic (exact) mass is 409 g/mol. The first-order valence-corrected chi connectivity index (χ1v) is 9.07. The number of ether oxygens (including phenoxy) is 1. The topological polar surface area (TPSA) is 55.4 Å². The maximum Gasteiger partial charge on any atom is 0.255 e. The molecule has 29 heavy (non-hydrogen) atoms. The van der Waals surface area contributed by atoms with Gasteiger partial charge in [-0.25, -0.2) is 4.39 Å². The summed E-state index contributed by atoms with van der Waals surface area (Å²) in [5, 5.41) is 3.34. The highest BCUT2D eigenvalue weighted by Crippen LogP contribution is 2.19. The van der Waals surface area contributed by atoms with E-state index in [2.05, 4.69) is 5.32 Å². The predicted octanol–water partition coefficient (Wildman–Crippen LogP) is 5.64. The van der Waals surface area contributed by atoms with Gasteiger partial charge in [0.05, 0.1) is 7.11 Å². The summed E-state index contributed by atoms with van der Waals surface area (Å²) in [6.07, 6.45) is 2.95. The van der Waals surface area contributed by atoms with Gasteiger partial charge in [0.1, 0.15) is 0 Å². The second-order valence-electron chi connectivity index (χ2n) is 6.13. The maximum atomic E-state index is 13.8. The molecule has 146 valence electrons. The molecule has 1 N–H and O–H groups in total. The number of hydrogen-bond acceptors (Lipinski definition) is 3. The quantitative estimate of drug-likeness (QED) is 0.423. The van der Waals surface area contributed by atoms with E-state index in [-0.39, 0.29) is 23.0 Å². The molecular formula is C23H17ClFNO3. The summed E-state index contributed by atoms with van der Waals surface area (Å²) in [6, 6.07) is 17.6. The van der Waals surface area contributed by atoms with Crippen molar-refractivity contribution in [2.75, 3.05) is 12.4 Å². The van der Waals surface area contributed by atoms with Crippen molar-refractivity contribution in [2.24, 2.45) is 0 Å². The van der Waals surface area contributed by atoms with Crippen molar-refractivity contribution in [3.63, 3.8) is 0 Å². The number of allylic oxidation sites excluding steroid dienone is 1. The Balaban J connectivity index is 1.70. The summed E-state index contributed by atoms with van der Waals surface area (Å²) in [4.78, 5) is 24.6. The zero-order valence-corrected chi connectivity index (χ0v) is 16.2. The summed E-state index contributed by atoms with van der Waals surface area (Å²) in [7, 11) is 1.36. The molecule has 0 atom stereocenters. The third kappa shape index (κ3) is 5.30. The van der Waals surface area contributed by atoms with Crippen LogP contribution in [0.5, 0.6) is 5.75 Å². The molecule has 0 aliphatic carbocycles. The maximum absolute atomic E-state index is 13.8. The third-order valence-electron chi connectivity index (χ3n) is 4.11. The van der Waals surface area contributed by atoms with Crippen LogP contribution >= 0.6 is 11.6 Å². The van der Waals surface area contributed by atoms with E-state index in [1.165, 1.54) is 25.3 Å². The van der Waals surface area contributed by atoms with Crippen LogP contribution in [0.25, 0.3) is 6.08 Å². The van der Waals surface area contributed by atoms with Crippen LogP contribution in [-0.2, 0) is 0 Å². The highest BCUT2D eigenvalue weighted by molar-refractivity contribution is 6.30. The van der Waals surface area contributed by atoms with E-state index in [1.54, 1.807) is 54.6 Å². The average molecular weight is 410 g/mol. The lowest BCUT2D eigenvalue weighted by molar-refractivity contribution is 0.102. The molecule has 0 fully saturated rings. The first-order valence-electron chi connectivity index (χ1n) is 8.69. The van der Waals surface area contributed by atoms with Gasteiger partial charge in [-0.1, -0.05) is 29.8 Å². The number of carbonyl (C=O) groups excluding carboxylic acids is 2. The molecule has 0 bridgehead atoms. The van der Waals surface area contributed by atoms with Crippen molar-refractivity contribution >= 4 is 35.1 Å². The number of hydrogen-bond donors (Lipinski definition) is 1. The molecule has 0 saturated heterocycles. The number of benzene rings is 3. The number of rotatable bonds is 6. The average Bonchev–Trinajstić information content (AvgIpc) is 2.72. The minimum Gasteiger partial charge on any atom is -0.494 e. The number of nitrogens with one attached hydrogen (secondary N) is 1. The number of methoxy groups -OCH3 is 1. The third-order valence-corrected chi connectivity index (χ3v) is 4.37. The second kappa shape index (κ2) is 9.17. The lowest BCUT2D eigenvalue weighted by Crippen LogP contribution is -2.11. The molecule has 0 spiro atoms. The minimum atomic E-state index is -0.598. The summed E-state index contributed by atoms with van der Waals surface area (Å²) in [5.41, 5.74) is 1.98. The van der Waals surface area contributed by atoms with Gasteiger partial charge in [0.15, 0.2) is 17.3 Å². The molecule has 0 aromatic heterocycles. The summed E-state index contributed by atoms with van der Waals surface area (Å²) in [6.45, 7) is 0. The van der Waals surface area contributed by atoms with Gasteiger partial charge in [-0.05, 0) is 66.2 Å². The lowest BCUT2D eigenvalue weighted by Gasteiger charge is -2.06. The number of halogens is 2. The van der Waals surface area contributed by atoms with Crippen LogP contribution in [0.2, 0.25) is 5.02 Å². The van der Waals surface area contributed by atoms with Gasteiger partial charge in [-0.2, -0.15) is 0 Å². The van der Waals surface area contributed by atoms with Crippen molar-refractivity contribution in [3.05, 3.63) is 100 Å². The van der Waals surface area contributed by atoms with Crippen molar-refractivity contribution < 1.29 is 18.7 Å². The number of carbonyl (C=O) groups is 2. The predicted molar refractivity (Wildman–Crippen MR) is 112 cm³/mol. The molecule has 6 heteroatoms. The standard InChI is InChI=1S/C23H17ClFNO3/c1-29-22-12-8-17(14-20(22)25)21(27)11-5-15-3-2-4-19(13-15)26-23(28)16-6-9-18(24)10-7-16/h2-14H,1H3,(H,26,28)/b11-5+. The molecule has 0 saturated carbocycles. The molecule has 3 rings (SSSR count). The second-order valence-corrected chi connectivity index (χ2v) is 6.57. The van der Waals surface area contributed by atoms with Crippen molar-refractivity contribution in [1.82, 2.24) is 0 Å². The SMILES string of the molecule is COc1ccc(C(=O)/C=C/c2cccc(NC(=O)c3ccc(Cl)cc3)c2)cc1F. The number of anilines is 1. The van der Waals surface area contributed by atoms with Crippen LogP contribution in [0.4, 0.5) is 10.1 Å². The molecule has 4 nitrogen and oxygen atoms in total. The Hall–Kier alpha value is -3.44. The van der Waals surface area contributed by atoms with Gasteiger partial charge in [0.25, 0.3) is 5.91 Å². The summed E-state index contributed by atoms with van der Waals surface area (Å²) in [5.74, 6) is -1.14. The van der Waals surface area contributed by atoms with E-state index >= 15 is 0 Å². The Morgan fingerprint density at radius 3 is 2.41 bits per heavy atom. The van der Waals surface area contributed by atoms with Crippen LogP contribution in [0, 0.1) is 5.82 Å². The van der Waals surface area contributed by atoms with Crippen molar-refractivity contribution in [1.29, 1.82) is 0 Å². The van der Waals surface area contributed by atoms with E-state index in [0.717, 1.165) is 6.07 Å². The molecule has 0 aliphatic rings. The van der Waals surface area contributed by atoms with Gasteiger partial charge in [0.2, 0.25) is 0 Å². The van der Waals surface area contributed by atoms with Crippen molar-refractivity contribution in [3.8, 4) is 5.75 Å². The van der Waals surface area contributed by atoms with E-state index in [0.29, 0.717) is 21.8 Å². The van der Waals surface area contributed by atoms with Gasteiger partial charge in [-0.15, -0.1) is 0 Å². The molecular weight excluding hydrogens is 393 g/mol. The van der Waals surface area contributed by atoms with Gasteiger partial charge >= 0.3 is 0 Å². The Morgan fingerprint density at radius 2 is 1.72 bits per heavy atom. The van der Waals surface area contributed by atoms with Crippen LogP contribution in [-0.4, -0.2) is 18.8 Å². The minimum absolute atomic E-state index is 0.0784. The van der Waals surface area contributed by atoms with Gasteiger partial charge in [-0.3, -0.25) is 9.59 Å². The highest BCUT2D eigenvalue weighted by Gasteiger charge is 2.08. The fourth-order valence-corrected chi connectivity index (χ4v) is 2.74. The zero-order valence-electron chi connectivity index (χ0n) is 15.5. The zero-order chi connectivity index (χ0) is 20.8. The Labute approximate surface area is 172 Å². The Morgan fingerprint density at radius 1 is 1.00 bits per heavy atom. The van der Waals surface area contributed by atoms with E-state index in [1.807, 2.05) is 0 Å². The van der Waals surface area contributed by atoms with Crippen LogP contribution in [0.3, 0.4) is 0 Å².